The normalized spacial score (nSPS) is 10.8. The van der Waals surface area contributed by atoms with Crippen LogP contribution in [-0.2, 0) is 11.3 Å². The summed E-state index contributed by atoms with van der Waals surface area (Å²) in [5.41, 5.74) is 1.95. The molecule has 0 bridgehead atoms. The molecule has 1 aromatic carbocycles. The number of carbonyl (C=O) groups excluding carboxylic acids is 1. The van der Waals surface area contributed by atoms with Crippen molar-refractivity contribution in [3.8, 4) is 0 Å². The molecule has 7 heteroatoms. The molecule has 0 saturated carbocycles. The lowest BCUT2D eigenvalue weighted by Crippen LogP contribution is -2.26. The van der Waals surface area contributed by atoms with Gasteiger partial charge < -0.3 is 9.97 Å². The average Bonchev–Trinajstić information content (AvgIpc) is 2.94. The lowest BCUT2D eigenvalue weighted by atomic mass is 10.3. The van der Waals surface area contributed by atoms with Gasteiger partial charge >= 0.3 is 5.69 Å². The third kappa shape index (κ3) is 2.20. The second-order valence-electron chi connectivity index (χ2n) is 4.50. The summed E-state index contributed by atoms with van der Waals surface area (Å²) in [7, 11) is 0. The summed E-state index contributed by atoms with van der Waals surface area (Å²) >= 11 is 0. The predicted molar refractivity (Wildman–Crippen MR) is 74.5 cm³/mol. The molecule has 3 N–H and O–H groups in total. The van der Waals surface area contributed by atoms with E-state index in [-0.39, 0.29) is 18.1 Å². The van der Waals surface area contributed by atoms with E-state index in [0.29, 0.717) is 17.0 Å². The van der Waals surface area contributed by atoms with Crippen LogP contribution in [0.15, 0.2) is 35.3 Å². The first kappa shape index (κ1) is 12.2. The van der Waals surface area contributed by atoms with Crippen molar-refractivity contribution in [1.29, 1.82) is 0 Å². The number of aryl methyl sites for hydroxylation is 1. The van der Waals surface area contributed by atoms with Crippen molar-refractivity contribution in [3.05, 3.63) is 46.6 Å². The van der Waals surface area contributed by atoms with Crippen LogP contribution in [0.1, 0.15) is 5.69 Å². The van der Waals surface area contributed by atoms with E-state index in [1.807, 2.05) is 19.1 Å². The number of amides is 1. The maximum absolute atomic E-state index is 11.9. The summed E-state index contributed by atoms with van der Waals surface area (Å²) in [4.78, 5) is 33.4. The summed E-state index contributed by atoms with van der Waals surface area (Å²) in [6.07, 6.45) is 1.62. The second kappa shape index (κ2) is 4.69. The molecule has 0 aliphatic heterocycles. The first-order valence-electron chi connectivity index (χ1n) is 6.12. The quantitative estimate of drug-likeness (QED) is 0.663. The van der Waals surface area contributed by atoms with E-state index < -0.39 is 0 Å². The minimum atomic E-state index is -0.314. The first-order valence-corrected chi connectivity index (χ1v) is 6.12. The number of rotatable bonds is 3. The van der Waals surface area contributed by atoms with Gasteiger partial charge in [0.25, 0.3) is 0 Å². The number of anilines is 1. The van der Waals surface area contributed by atoms with Gasteiger partial charge in [0.1, 0.15) is 6.54 Å². The van der Waals surface area contributed by atoms with Crippen molar-refractivity contribution in [3.63, 3.8) is 0 Å². The predicted octanol–water partition coefficient (Wildman–Crippen LogP) is 1.000. The van der Waals surface area contributed by atoms with Gasteiger partial charge in [-0.2, -0.15) is 0 Å². The van der Waals surface area contributed by atoms with Gasteiger partial charge in [0.2, 0.25) is 11.9 Å². The number of para-hydroxylation sites is 2. The number of imidazole rings is 2. The van der Waals surface area contributed by atoms with E-state index >= 15 is 0 Å². The number of hydrogen-bond acceptors (Lipinski definition) is 3. The van der Waals surface area contributed by atoms with Gasteiger partial charge in [-0.3, -0.25) is 14.7 Å². The number of nitrogens with one attached hydrogen (secondary N) is 3. The average molecular weight is 271 g/mol. The van der Waals surface area contributed by atoms with Gasteiger partial charge in [-0.05, 0) is 19.1 Å². The number of aromatic nitrogens is 4. The minimum Gasteiger partial charge on any atom is -0.328 e. The second-order valence-corrected chi connectivity index (χ2v) is 4.50. The van der Waals surface area contributed by atoms with Crippen LogP contribution in [0, 0.1) is 6.92 Å². The van der Waals surface area contributed by atoms with Crippen molar-refractivity contribution < 1.29 is 4.79 Å². The van der Waals surface area contributed by atoms with Crippen molar-refractivity contribution in [1.82, 2.24) is 19.5 Å². The van der Waals surface area contributed by atoms with Crippen LogP contribution in [0.5, 0.6) is 0 Å². The topological polar surface area (TPSA) is 95.6 Å². The highest BCUT2D eigenvalue weighted by molar-refractivity contribution is 5.90. The van der Waals surface area contributed by atoms with Crippen molar-refractivity contribution in [2.75, 3.05) is 5.32 Å². The van der Waals surface area contributed by atoms with Crippen LogP contribution in [0.2, 0.25) is 0 Å². The van der Waals surface area contributed by atoms with Crippen LogP contribution < -0.4 is 11.0 Å². The molecule has 7 nitrogen and oxygen atoms in total. The van der Waals surface area contributed by atoms with Crippen LogP contribution in [-0.4, -0.2) is 25.4 Å². The number of nitrogens with zero attached hydrogens (tertiary/aromatic N) is 2. The molecule has 0 spiro atoms. The summed E-state index contributed by atoms with van der Waals surface area (Å²) < 4.78 is 1.39. The van der Waals surface area contributed by atoms with Crippen LogP contribution in [0.25, 0.3) is 11.0 Å². The Hall–Kier alpha value is -2.83. The van der Waals surface area contributed by atoms with Gasteiger partial charge in [-0.1, -0.05) is 12.1 Å². The SMILES string of the molecule is Cc1cnc(NC(=O)Cn2c(=O)[nH]c3ccccc32)[nH]1. The van der Waals surface area contributed by atoms with Gasteiger partial charge in [-0.15, -0.1) is 0 Å². The number of H-pyrrole nitrogens is 2. The van der Waals surface area contributed by atoms with E-state index in [2.05, 4.69) is 20.3 Å². The van der Waals surface area contributed by atoms with E-state index in [1.165, 1.54) is 4.57 Å². The highest BCUT2D eigenvalue weighted by Crippen LogP contribution is 2.09. The summed E-state index contributed by atoms with van der Waals surface area (Å²) in [5.74, 6) is 0.0617. The summed E-state index contributed by atoms with van der Waals surface area (Å²) in [5, 5.41) is 2.61. The van der Waals surface area contributed by atoms with Gasteiger partial charge in [0.15, 0.2) is 0 Å². The van der Waals surface area contributed by atoms with Crippen LogP contribution in [0.4, 0.5) is 5.95 Å². The molecule has 0 saturated heterocycles. The molecule has 102 valence electrons. The third-order valence-corrected chi connectivity index (χ3v) is 2.94. The molecule has 2 aromatic heterocycles. The fourth-order valence-electron chi connectivity index (χ4n) is 2.06. The Bertz CT molecular complexity index is 827. The van der Waals surface area contributed by atoms with Crippen LogP contribution in [0.3, 0.4) is 0 Å². The minimum absolute atomic E-state index is 0.0669. The lowest BCUT2D eigenvalue weighted by Gasteiger charge is -2.03. The van der Waals surface area contributed by atoms with Gasteiger partial charge in [0.05, 0.1) is 11.0 Å². The number of hydrogen-bond donors (Lipinski definition) is 3. The van der Waals surface area contributed by atoms with E-state index in [1.54, 1.807) is 18.3 Å². The van der Waals surface area contributed by atoms with E-state index in [9.17, 15) is 9.59 Å². The van der Waals surface area contributed by atoms with E-state index in [0.717, 1.165) is 5.69 Å². The Balaban J connectivity index is 1.84. The molecule has 3 rings (SSSR count). The lowest BCUT2D eigenvalue weighted by molar-refractivity contribution is -0.116. The van der Waals surface area contributed by atoms with Gasteiger partial charge in [-0.25, -0.2) is 9.78 Å². The highest BCUT2D eigenvalue weighted by Gasteiger charge is 2.11. The molecule has 0 unspecified atom stereocenters. The molecule has 0 aliphatic rings. The summed E-state index contributed by atoms with van der Waals surface area (Å²) in [6, 6.07) is 7.23. The fourth-order valence-corrected chi connectivity index (χ4v) is 2.06. The third-order valence-electron chi connectivity index (χ3n) is 2.94. The fraction of sp³-hybridized carbons (Fsp3) is 0.154. The number of aromatic amines is 2. The Morgan fingerprint density at radius 1 is 1.35 bits per heavy atom. The zero-order valence-corrected chi connectivity index (χ0v) is 10.8. The number of benzene rings is 1. The van der Waals surface area contributed by atoms with E-state index in [4.69, 9.17) is 0 Å². The molecule has 0 fully saturated rings. The number of fused-ring (bicyclic) bond motifs is 1. The standard InChI is InChI=1S/C13H13N5O2/c1-8-6-14-12(15-8)17-11(19)7-18-10-5-3-2-4-9(10)16-13(18)20/h2-6H,7H2,1H3,(H,16,20)(H2,14,15,17,19). The highest BCUT2D eigenvalue weighted by atomic mass is 16.2. The Kier molecular flexibility index (Phi) is 2.86. The Labute approximate surface area is 113 Å². The molecule has 0 aliphatic carbocycles. The van der Waals surface area contributed by atoms with Crippen LogP contribution >= 0.6 is 0 Å². The largest absolute Gasteiger partial charge is 0.328 e. The Morgan fingerprint density at radius 3 is 2.90 bits per heavy atom. The molecule has 1 amide bonds. The monoisotopic (exact) mass is 271 g/mol. The molecular weight excluding hydrogens is 258 g/mol. The smallest absolute Gasteiger partial charge is 0.326 e. The van der Waals surface area contributed by atoms with Crippen molar-refractivity contribution in [2.45, 2.75) is 13.5 Å². The maximum Gasteiger partial charge on any atom is 0.326 e. The zero-order chi connectivity index (χ0) is 14.1. The zero-order valence-electron chi connectivity index (χ0n) is 10.8. The maximum atomic E-state index is 11.9. The molecule has 0 radical (unpaired) electrons. The molecule has 2 heterocycles. The molecule has 20 heavy (non-hydrogen) atoms. The Morgan fingerprint density at radius 2 is 2.15 bits per heavy atom. The molecular formula is C13H13N5O2. The first-order chi connectivity index (χ1) is 9.63. The molecule has 3 aromatic rings. The van der Waals surface area contributed by atoms with Crippen molar-refractivity contribution in [2.24, 2.45) is 0 Å². The summed E-state index contributed by atoms with van der Waals surface area (Å²) in [6.45, 7) is 1.77. The van der Waals surface area contributed by atoms with Crippen molar-refractivity contribution >= 4 is 22.9 Å². The molecule has 0 atom stereocenters. The number of carbonyl (C=O) groups is 1. The van der Waals surface area contributed by atoms with Gasteiger partial charge in [0, 0.05) is 11.9 Å².